The average molecular weight is 321 g/mol. The van der Waals surface area contributed by atoms with Gasteiger partial charge in [0.2, 0.25) is 0 Å². The maximum Gasteiger partial charge on any atom is 0.188 e. The Morgan fingerprint density at radius 2 is 2.07 bits per heavy atom. The predicted octanol–water partition coefficient (Wildman–Crippen LogP) is 3.18. The van der Waals surface area contributed by atoms with Crippen LogP contribution in [0.4, 0.5) is 5.82 Å². The minimum absolute atomic E-state index is 0.223. The molecule has 14 heavy (non-hydrogen) atoms. The van der Waals surface area contributed by atoms with Crippen molar-refractivity contribution in [3.05, 3.63) is 32.9 Å². The van der Waals surface area contributed by atoms with Gasteiger partial charge in [0.1, 0.15) is 5.02 Å². The third-order valence-electron chi connectivity index (χ3n) is 1.78. The quantitative estimate of drug-likeness (QED) is 0.821. The van der Waals surface area contributed by atoms with Crippen LogP contribution in [-0.4, -0.2) is 5.16 Å². The molecule has 0 amide bonds. The number of nitrogen functional groups attached to an aromatic ring is 1. The fourth-order valence-corrected chi connectivity index (χ4v) is 1.91. The Kier molecular flexibility index (Phi) is 2.64. The van der Waals surface area contributed by atoms with Gasteiger partial charge in [0.05, 0.1) is 0 Å². The normalized spacial score (nSPS) is 10.4. The lowest BCUT2D eigenvalue weighted by Crippen LogP contribution is -1.84. The second-order valence-corrected chi connectivity index (χ2v) is 4.23. The maximum absolute atomic E-state index is 5.93. The molecule has 2 N–H and O–H groups in total. The first-order chi connectivity index (χ1) is 6.70. The van der Waals surface area contributed by atoms with Crippen LogP contribution < -0.4 is 5.73 Å². The highest BCUT2D eigenvalue weighted by Gasteiger charge is 2.15. The van der Waals surface area contributed by atoms with Gasteiger partial charge < -0.3 is 10.3 Å². The van der Waals surface area contributed by atoms with E-state index in [4.69, 9.17) is 21.9 Å². The van der Waals surface area contributed by atoms with Gasteiger partial charge in [0.15, 0.2) is 11.6 Å². The monoisotopic (exact) mass is 320 g/mol. The molecule has 0 fully saturated rings. The summed E-state index contributed by atoms with van der Waals surface area (Å²) < 4.78 is 6.09. The molecule has 0 atom stereocenters. The molecule has 0 saturated carbocycles. The smallest absolute Gasteiger partial charge is 0.188 e. The first kappa shape index (κ1) is 9.79. The SMILES string of the molecule is Nc1noc(-c2ccccc2I)c1Cl. The standard InChI is InChI=1S/C9H6ClIN2O/c10-7-8(14-13-9(7)12)5-3-1-2-4-6(5)11/h1-4H,(H2,12,13). The van der Waals surface area contributed by atoms with Gasteiger partial charge in [-0.05, 0) is 28.7 Å². The third-order valence-corrected chi connectivity index (χ3v) is 3.08. The van der Waals surface area contributed by atoms with E-state index in [0.29, 0.717) is 10.8 Å². The summed E-state index contributed by atoms with van der Waals surface area (Å²) in [4.78, 5) is 0. The summed E-state index contributed by atoms with van der Waals surface area (Å²) in [6.45, 7) is 0. The number of aromatic nitrogens is 1. The molecule has 0 aliphatic carbocycles. The zero-order chi connectivity index (χ0) is 10.1. The van der Waals surface area contributed by atoms with Crippen molar-refractivity contribution in [3.8, 4) is 11.3 Å². The van der Waals surface area contributed by atoms with E-state index in [0.717, 1.165) is 9.13 Å². The highest BCUT2D eigenvalue weighted by molar-refractivity contribution is 14.1. The van der Waals surface area contributed by atoms with E-state index in [-0.39, 0.29) is 5.82 Å². The van der Waals surface area contributed by atoms with Crippen molar-refractivity contribution in [2.24, 2.45) is 0 Å². The number of halogens is 2. The fourth-order valence-electron chi connectivity index (χ4n) is 1.10. The lowest BCUT2D eigenvalue weighted by molar-refractivity contribution is 0.435. The first-order valence-electron chi connectivity index (χ1n) is 3.85. The Morgan fingerprint density at radius 1 is 1.36 bits per heavy atom. The van der Waals surface area contributed by atoms with Crippen molar-refractivity contribution in [3.63, 3.8) is 0 Å². The van der Waals surface area contributed by atoms with Crippen molar-refractivity contribution in [1.82, 2.24) is 5.16 Å². The molecule has 5 heteroatoms. The largest absolute Gasteiger partial charge is 0.380 e. The van der Waals surface area contributed by atoms with Crippen molar-refractivity contribution in [2.45, 2.75) is 0 Å². The highest BCUT2D eigenvalue weighted by atomic mass is 127. The number of nitrogens with two attached hydrogens (primary N) is 1. The van der Waals surface area contributed by atoms with Crippen LogP contribution in [0.3, 0.4) is 0 Å². The molecule has 1 aromatic heterocycles. The number of benzene rings is 1. The second kappa shape index (κ2) is 3.78. The summed E-state index contributed by atoms with van der Waals surface area (Å²) in [5, 5.41) is 3.97. The summed E-state index contributed by atoms with van der Waals surface area (Å²) in [5.74, 6) is 0.746. The second-order valence-electron chi connectivity index (χ2n) is 2.69. The van der Waals surface area contributed by atoms with Crippen molar-refractivity contribution >= 4 is 40.0 Å². The van der Waals surface area contributed by atoms with E-state index in [1.807, 2.05) is 24.3 Å². The van der Waals surface area contributed by atoms with Crippen LogP contribution >= 0.6 is 34.2 Å². The molecular formula is C9H6ClIN2O. The zero-order valence-electron chi connectivity index (χ0n) is 7.00. The molecule has 1 aromatic carbocycles. The molecule has 0 bridgehead atoms. The van der Waals surface area contributed by atoms with Gasteiger partial charge in [-0.3, -0.25) is 0 Å². The van der Waals surface area contributed by atoms with Gasteiger partial charge in [-0.25, -0.2) is 0 Å². The topological polar surface area (TPSA) is 52.0 Å². The summed E-state index contributed by atoms with van der Waals surface area (Å²) in [6.07, 6.45) is 0. The van der Waals surface area contributed by atoms with Crippen molar-refractivity contribution in [1.29, 1.82) is 0 Å². The lowest BCUT2D eigenvalue weighted by Gasteiger charge is -1.98. The molecule has 0 aliphatic heterocycles. The van der Waals surface area contributed by atoms with E-state index < -0.39 is 0 Å². The number of rotatable bonds is 1. The first-order valence-corrected chi connectivity index (χ1v) is 5.31. The van der Waals surface area contributed by atoms with Crippen LogP contribution in [-0.2, 0) is 0 Å². The van der Waals surface area contributed by atoms with Crippen LogP contribution in [0.15, 0.2) is 28.8 Å². The number of hydrogen-bond acceptors (Lipinski definition) is 3. The van der Waals surface area contributed by atoms with Gasteiger partial charge in [-0.1, -0.05) is 35.0 Å². The lowest BCUT2D eigenvalue weighted by atomic mass is 10.2. The molecule has 1 heterocycles. The number of nitrogens with zero attached hydrogens (tertiary/aromatic N) is 1. The van der Waals surface area contributed by atoms with Gasteiger partial charge in [-0.15, -0.1) is 0 Å². The summed E-state index contributed by atoms with van der Waals surface area (Å²) >= 11 is 8.13. The fraction of sp³-hybridized carbons (Fsp3) is 0. The maximum atomic E-state index is 5.93. The summed E-state index contributed by atoms with van der Waals surface area (Å²) in [6, 6.07) is 7.73. The van der Waals surface area contributed by atoms with Crippen LogP contribution in [0.5, 0.6) is 0 Å². The van der Waals surface area contributed by atoms with Gasteiger partial charge in [0.25, 0.3) is 0 Å². The predicted molar refractivity (Wildman–Crippen MR) is 64.1 cm³/mol. The summed E-state index contributed by atoms with van der Waals surface area (Å²) in [7, 11) is 0. The highest BCUT2D eigenvalue weighted by Crippen LogP contribution is 2.34. The zero-order valence-corrected chi connectivity index (χ0v) is 9.91. The van der Waals surface area contributed by atoms with Crippen LogP contribution in [0.2, 0.25) is 5.02 Å². The Labute approximate surface area is 99.4 Å². The molecular weight excluding hydrogens is 314 g/mol. The molecule has 0 spiro atoms. The van der Waals surface area contributed by atoms with Crippen LogP contribution in [0.1, 0.15) is 0 Å². The molecule has 0 aliphatic rings. The van der Waals surface area contributed by atoms with Crippen molar-refractivity contribution < 1.29 is 4.52 Å². The van der Waals surface area contributed by atoms with E-state index in [1.165, 1.54) is 0 Å². The van der Waals surface area contributed by atoms with Gasteiger partial charge >= 0.3 is 0 Å². The molecule has 3 nitrogen and oxygen atoms in total. The van der Waals surface area contributed by atoms with Crippen LogP contribution in [0.25, 0.3) is 11.3 Å². The number of anilines is 1. The van der Waals surface area contributed by atoms with E-state index in [2.05, 4.69) is 27.7 Å². The van der Waals surface area contributed by atoms with Gasteiger partial charge in [-0.2, -0.15) is 0 Å². The molecule has 0 unspecified atom stereocenters. The molecule has 72 valence electrons. The third kappa shape index (κ3) is 1.59. The van der Waals surface area contributed by atoms with E-state index in [1.54, 1.807) is 0 Å². The molecule has 2 aromatic rings. The molecule has 0 radical (unpaired) electrons. The summed E-state index contributed by atoms with van der Waals surface area (Å²) in [5.41, 5.74) is 6.39. The number of hydrogen-bond donors (Lipinski definition) is 1. The minimum Gasteiger partial charge on any atom is -0.380 e. The Hall–Kier alpha value is -0.750. The Morgan fingerprint density at radius 3 is 2.64 bits per heavy atom. The Bertz CT molecular complexity index is 470. The van der Waals surface area contributed by atoms with Gasteiger partial charge in [0, 0.05) is 9.13 Å². The molecule has 2 rings (SSSR count). The molecule has 0 saturated heterocycles. The Balaban J connectivity index is 2.60. The van der Waals surface area contributed by atoms with E-state index in [9.17, 15) is 0 Å². The average Bonchev–Trinajstić information content (AvgIpc) is 2.49. The minimum atomic E-state index is 0.223. The van der Waals surface area contributed by atoms with Crippen molar-refractivity contribution in [2.75, 3.05) is 5.73 Å². The van der Waals surface area contributed by atoms with E-state index >= 15 is 0 Å². The van der Waals surface area contributed by atoms with Crippen LogP contribution in [0, 0.1) is 3.57 Å².